The molecular weight excluding hydrogens is 1020 g/mol. The van der Waals surface area contributed by atoms with Crippen LogP contribution in [0.2, 0.25) is 0 Å². The second kappa shape index (κ2) is 30.3. The van der Waals surface area contributed by atoms with Crippen molar-refractivity contribution in [2.45, 2.75) is 127 Å². The van der Waals surface area contributed by atoms with Crippen LogP contribution in [0.5, 0.6) is 5.75 Å². The average molecular weight is 1100 g/mol. The van der Waals surface area contributed by atoms with E-state index in [-0.39, 0.29) is 76.9 Å². The van der Waals surface area contributed by atoms with Crippen molar-refractivity contribution < 1.29 is 48.6 Å². The first kappa shape index (κ1) is 61.1. The number of hydrogen-bond acceptors (Lipinski definition) is 12. The molecule has 428 valence electrons. The number of H-pyrrole nitrogens is 1. The lowest BCUT2D eigenvalue weighted by molar-refractivity contribution is -0.145. The lowest BCUT2D eigenvalue weighted by Gasteiger charge is -2.36. The number of primary amides is 1. The van der Waals surface area contributed by atoms with Crippen LogP contribution in [0.15, 0.2) is 115 Å². The highest BCUT2D eigenvalue weighted by Gasteiger charge is 2.39. The van der Waals surface area contributed by atoms with Gasteiger partial charge in [0.2, 0.25) is 47.3 Å². The van der Waals surface area contributed by atoms with Gasteiger partial charge in [0.25, 0.3) is 0 Å². The number of nitrogens with zero attached hydrogens (tertiary/aromatic N) is 1. The smallest absolute Gasteiger partial charge is 0.246 e. The number of phenolic OH excluding ortho intramolecular Hbond substituents is 1. The zero-order chi connectivity index (χ0) is 57.7. The number of fused-ring (bicyclic) bond motifs is 1. The highest BCUT2D eigenvalue weighted by atomic mass is 16.3. The van der Waals surface area contributed by atoms with Gasteiger partial charge in [0.1, 0.15) is 42.0 Å². The standard InChI is InChI=1S/C59H77N11O10/c1-36(2)51-59(80)70(49(33-39-17-8-5-9-18-39)58(79)69-52(37(3)71)53(61)74)30-14-28-63-50(73)26-29-62-46(31-38-15-6-4-7-16-38)55(76)66-47(32-40-22-24-42(72)25-23-40)56(77)67-48(34-41-35-64-44-20-11-10-19-43(41)44)57(78)65-45(54(75)68-51)21-12-13-27-60/h4-11,15-20,22-25,35-37,45-49,51-52,62,64,71-72H,12-14,21,26-34,60H2,1-3H3,(H2,61,74)(H,63,73)(H,65,78)(H,66,76)(H,67,77)(H,68,75)(H,69,79)/t37-,45+,46+,47+,48-,49+,51+,52+/m1/s1. The molecule has 5 aromatic rings. The number of aromatic nitrogens is 1. The molecular formula is C59H77N11O10. The van der Waals surface area contributed by atoms with Gasteiger partial charge in [-0.05, 0) is 91.9 Å². The van der Waals surface area contributed by atoms with E-state index in [9.17, 15) is 39.0 Å². The largest absolute Gasteiger partial charge is 0.508 e. The van der Waals surface area contributed by atoms with Crippen LogP contribution in [0.25, 0.3) is 10.9 Å². The predicted molar refractivity (Wildman–Crippen MR) is 302 cm³/mol. The summed E-state index contributed by atoms with van der Waals surface area (Å²) in [5, 5.41) is 41.6. The number of aliphatic hydroxyl groups excluding tert-OH is 1. The molecule has 4 aromatic carbocycles. The van der Waals surface area contributed by atoms with Gasteiger partial charge in [0.05, 0.1) is 12.1 Å². The van der Waals surface area contributed by atoms with Crippen molar-refractivity contribution in [2.24, 2.45) is 17.4 Å². The Morgan fingerprint density at radius 3 is 1.90 bits per heavy atom. The van der Waals surface area contributed by atoms with Crippen molar-refractivity contribution in [3.8, 4) is 5.75 Å². The van der Waals surface area contributed by atoms with E-state index in [0.29, 0.717) is 29.5 Å². The maximum Gasteiger partial charge on any atom is 0.246 e. The molecule has 21 nitrogen and oxygen atoms in total. The molecule has 1 aromatic heterocycles. The van der Waals surface area contributed by atoms with Crippen LogP contribution in [0.4, 0.5) is 0 Å². The number of carbonyl (C=O) groups excluding carboxylic acids is 8. The molecule has 6 rings (SSSR count). The highest BCUT2D eigenvalue weighted by molar-refractivity contribution is 5.98. The van der Waals surface area contributed by atoms with E-state index in [0.717, 1.165) is 16.5 Å². The van der Waals surface area contributed by atoms with Gasteiger partial charge in [-0.15, -0.1) is 0 Å². The Morgan fingerprint density at radius 1 is 0.688 bits per heavy atom. The van der Waals surface area contributed by atoms with Gasteiger partial charge in [-0.2, -0.15) is 0 Å². The minimum Gasteiger partial charge on any atom is -0.508 e. The summed E-state index contributed by atoms with van der Waals surface area (Å²) in [7, 11) is 0. The summed E-state index contributed by atoms with van der Waals surface area (Å²) in [5.41, 5.74) is 15.0. The number of rotatable bonds is 18. The summed E-state index contributed by atoms with van der Waals surface area (Å²) in [6.45, 7) is 4.87. The maximum atomic E-state index is 15.3. The molecule has 80 heavy (non-hydrogen) atoms. The third-order valence-electron chi connectivity index (χ3n) is 14.1. The number of aromatic hydroxyl groups is 1. The van der Waals surface area contributed by atoms with E-state index in [1.165, 1.54) is 24.0 Å². The molecule has 0 unspecified atom stereocenters. The second-order valence-electron chi connectivity index (χ2n) is 20.6. The molecule has 2 heterocycles. The summed E-state index contributed by atoms with van der Waals surface area (Å²) in [5.74, 6) is -6.35. The van der Waals surface area contributed by atoms with Gasteiger partial charge in [-0.1, -0.05) is 105 Å². The third-order valence-corrected chi connectivity index (χ3v) is 14.1. The number of nitrogens with two attached hydrogens (primary N) is 2. The predicted octanol–water partition coefficient (Wildman–Crippen LogP) is 1.28. The molecule has 8 amide bonds. The van der Waals surface area contributed by atoms with Crippen LogP contribution in [0.1, 0.15) is 75.1 Å². The molecule has 8 atom stereocenters. The van der Waals surface area contributed by atoms with Crippen LogP contribution in [0.3, 0.4) is 0 Å². The number of nitrogens with one attached hydrogen (secondary N) is 8. The Balaban J connectivity index is 1.43. The van der Waals surface area contributed by atoms with Crippen LogP contribution in [-0.2, 0) is 64.0 Å². The topological polar surface area (TPSA) is 332 Å². The van der Waals surface area contributed by atoms with Gasteiger partial charge in [0, 0.05) is 62.4 Å². The summed E-state index contributed by atoms with van der Waals surface area (Å²) < 4.78 is 0. The average Bonchev–Trinajstić information content (AvgIpc) is 3.85. The fourth-order valence-electron chi connectivity index (χ4n) is 9.64. The number of aliphatic hydroxyl groups is 1. The lowest BCUT2D eigenvalue weighted by Crippen LogP contribution is -2.62. The Bertz CT molecular complexity index is 2870. The molecule has 1 saturated heterocycles. The highest BCUT2D eigenvalue weighted by Crippen LogP contribution is 2.21. The summed E-state index contributed by atoms with van der Waals surface area (Å²) in [4.78, 5) is 120. The van der Waals surface area contributed by atoms with Crippen LogP contribution < -0.4 is 48.7 Å². The fourth-order valence-corrected chi connectivity index (χ4v) is 9.64. The van der Waals surface area contributed by atoms with Crippen molar-refractivity contribution in [3.63, 3.8) is 0 Å². The second-order valence-corrected chi connectivity index (χ2v) is 20.6. The van der Waals surface area contributed by atoms with Crippen LogP contribution in [-0.4, -0.2) is 142 Å². The Kier molecular flexibility index (Phi) is 23.1. The molecule has 1 fully saturated rings. The molecule has 0 bridgehead atoms. The zero-order valence-corrected chi connectivity index (χ0v) is 45.6. The number of aromatic amines is 1. The number of para-hydroxylation sites is 1. The van der Waals surface area contributed by atoms with E-state index >= 15 is 9.59 Å². The first-order chi connectivity index (χ1) is 38.4. The van der Waals surface area contributed by atoms with E-state index in [4.69, 9.17) is 11.5 Å². The van der Waals surface area contributed by atoms with Gasteiger partial charge in [0.15, 0.2) is 0 Å². The molecule has 1 aliphatic rings. The number of hydrogen-bond donors (Lipinski definition) is 12. The Hall–Kier alpha value is -8.14. The molecule has 1 aliphatic heterocycles. The summed E-state index contributed by atoms with van der Waals surface area (Å²) >= 11 is 0. The van der Waals surface area contributed by atoms with Crippen molar-refractivity contribution in [3.05, 3.63) is 138 Å². The molecule has 21 heteroatoms. The van der Waals surface area contributed by atoms with Crippen molar-refractivity contribution in [1.82, 2.24) is 47.1 Å². The van der Waals surface area contributed by atoms with E-state index in [2.05, 4.69) is 42.2 Å². The molecule has 0 spiro atoms. The first-order valence-electron chi connectivity index (χ1n) is 27.3. The molecule has 0 saturated carbocycles. The van der Waals surface area contributed by atoms with Crippen LogP contribution in [0, 0.1) is 5.92 Å². The maximum absolute atomic E-state index is 15.3. The zero-order valence-electron chi connectivity index (χ0n) is 45.6. The third kappa shape index (κ3) is 17.9. The van der Waals surface area contributed by atoms with Crippen molar-refractivity contribution in [2.75, 3.05) is 26.2 Å². The van der Waals surface area contributed by atoms with Crippen molar-refractivity contribution >= 4 is 58.2 Å². The first-order valence-corrected chi connectivity index (χ1v) is 27.3. The molecule has 14 N–H and O–H groups in total. The van der Waals surface area contributed by atoms with E-state index in [1.54, 1.807) is 62.5 Å². The van der Waals surface area contributed by atoms with Crippen LogP contribution >= 0.6 is 0 Å². The molecule has 0 aliphatic carbocycles. The Morgan fingerprint density at radius 2 is 1.26 bits per heavy atom. The fraction of sp³-hybridized carbons (Fsp3) is 0.424. The van der Waals surface area contributed by atoms with Gasteiger partial charge < -0.3 is 68.8 Å². The summed E-state index contributed by atoms with van der Waals surface area (Å²) in [6, 6.07) is 22.4. The van der Waals surface area contributed by atoms with E-state index < -0.39 is 102 Å². The minimum atomic E-state index is -1.53. The Labute approximate surface area is 466 Å². The molecule has 0 radical (unpaired) electrons. The van der Waals surface area contributed by atoms with Gasteiger partial charge in [-0.3, -0.25) is 38.4 Å². The number of unbranched alkanes of at least 4 members (excludes halogenated alkanes) is 1. The summed E-state index contributed by atoms with van der Waals surface area (Å²) in [6.07, 6.45) is 1.20. The normalized spacial score (nSPS) is 20.8. The number of phenols is 1. The van der Waals surface area contributed by atoms with Crippen molar-refractivity contribution in [1.29, 1.82) is 0 Å². The number of amides is 8. The van der Waals surface area contributed by atoms with Gasteiger partial charge in [-0.25, -0.2) is 0 Å². The SMILES string of the molecule is CC(C)[C@@H]1NC(=O)[C@H](CCCCN)NC(=O)[C@@H](Cc2c[nH]c3ccccc23)NC(=O)[C@H](Cc2ccc(O)cc2)NC(=O)[C@H](Cc2ccccc2)NCCC(=O)NCCCN([C@@H](Cc2ccccc2)C(=O)N[C@H](C(N)=O)[C@@H](C)O)C1=O. The minimum absolute atomic E-state index is 0.0122. The number of benzene rings is 4. The van der Waals surface area contributed by atoms with Gasteiger partial charge >= 0.3 is 0 Å². The quantitative estimate of drug-likeness (QED) is 0.0553. The van der Waals surface area contributed by atoms with E-state index in [1.807, 2.05) is 54.6 Å². The monoisotopic (exact) mass is 1100 g/mol. The number of carbonyl (C=O) groups is 8. The lowest BCUT2D eigenvalue weighted by atomic mass is 9.97.